The van der Waals surface area contributed by atoms with Gasteiger partial charge in [0, 0.05) is 24.6 Å². The van der Waals surface area contributed by atoms with Gasteiger partial charge in [-0.25, -0.2) is 4.90 Å². The van der Waals surface area contributed by atoms with Crippen molar-refractivity contribution in [3.63, 3.8) is 0 Å². The van der Waals surface area contributed by atoms with Crippen LogP contribution in [-0.2, 0) is 33.6 Å². The third-order valence-corrected chi connectivity index (χ3v) is 8.25. The number of aliphatic carboxylic acids is 1. The Kier molecular flexibility index (Phi) is 7.15. The highest BCUT2D eigenvalue weighted by atomic mass is 16.6. The fourth-order valence-corrected chi connectivity index (χ4v) is 6.27. The van der Waals surface area contributed by atoms with Crippen LogP contribution >= 0.6 is 0 Å². The molecule has 208 valence electrons. The summed E-state index contributed by atoms with van der Waals surface area (Å²) in [5.74, 6) is -4.66. The maximum atomic E-state index is 14.3. The number of nitro benzene ring substituents is 1. The average Bonchev–Trinajstić information content (AvgIpc) is 3.46. The van der Waals surface area contributed by atoms with Gasteiger partial charge in [0.1, 0.15) is 5.54 Å². The Hall–Kier alpha value is -4.88. The van der Waals surface area contributed by atoms with Crippen molar-refractivity contribution in [3.05, 3.63) is 105 Å². The summed E-state index contributed by atoms with van der Waals surface area (Å²) in [4.78, 5) is 53.6. The van der Waals surface area contributed by atoms with E-state index in [4.69, 9.17) is 0 Å². The van der Waals surface area contributed by atoms with Crippen molar-refractivity contribution in [2.24, 2.45) is 11.8 Å². The zero-order chi connectivity index (χ0) is 29.5. The summed E-state index contributed by atoms with van der Waals surface area (Å²) < 4.78 is 0. The predicted octanol–water partition coefficient (Wildman–Crippen LogP) is 4.11. The number of amides is 2. The van der Waals surface area contributed by atoms with E-state index in [0.717, 1.165) is 11.1 Å². The molecule has 0 aromatic heterocycles. The number of nitrogens with one attached hydrogen (secondary N) is 1. The first-order valence-electron chi connectivity index (χ1n) is 13.4. The fraction of sp³-hybridized carbons (Fsp3) is 0.290. The van der Waals surface area contributed by atoms with Gasteiger partial charge in [-0.3, -0.25) is 29.8 Å². The Morgan fingerprint density at radius 1 is 1.02 bits per heavy atom. The number of hydrogen-bond acceptors (Lipinski definition) is 7. The van der Waals surface area contributed by atoms with Crippen LogP contribution in [0.3, 0.4) is 0 Å². The molecule has 2 aliphatic rings. The van der Waals surface area contributed by atoms with Gasteiger partial charge in [0.05, 0.1) is 34.1 Å². The number of fused-ring (bicyclic) bond motifs is 1. The molecule has 5 rings (SSSR count). The molecule has 2 saturated heterocycles. The molecular weight excluding hydrogens is 524 g/mol. The van der Waals surface area contributed by atoms with Gasteiger partial charge in [-0.05, 0) is 47.2 Å². The maximum absolute atomic E-state index is 14.3. The standard InChI is InChI=1S/C31H28N4O6/c1-3-20-6-5-7-21(4-2)27(20)34-28(36)24-25(29(34)37)31(30(38)39,16-18-10-14-23(15-11-18)35(40)41)33-26(24)22-12-8-19(17-32)9-13-22/h5-15,24-26,33H,3-4,16H2,1-2H3,(H,38,39). The number of benzene rings is 3. The number of nitro groups is 1. The molecule has 0 bridgehead atoms. The van der Waals surface area contributed by atoms with Crippen LogP contribution in [0.2, 0.25) is 0 Å². The third kappa shape index (κ3) is 4.44. The second kappa shape index (κ2) is 10.6. The van der Waals surface area contributed by atoms with Crippen molar-refractivity contribution in [1.82, 2.24) is 5.32 Å². The van der Waals surface area contributed by atoms with Crippen molar-refractivity contribution in [1.29, 1.82) is 5.26 Å². The third-order valence-electron chi connectivity index (χ3n) is 8.25. The highest BCUT2D eigenvalue weighted by molar-refractivity contribution is 6.25. The van der Waals surface area contributed by atoms with E-state index in [1.54, 1.807) is 24.3 Å². The molecule has 4 unspecified atom stereocenters. The molecular formula is C31H28N4O6. The molecule has 10 heteroatoms. The van der Waals surface area contributed by atoms with Crippen molar-refractivity contribution in [2.45, 2.75) is 44.7 Å². The Bertz CT molecular complexity index is 1570. The summed E-state index contributed by atoms with van der Waals surface area (Å²) in [5, 5.41) is 34.3. The monoisotopic (exact) mass is 552 g/mol. The molecule has 4 atom stereocenters. The number of carbonyl (C=O) groups is 3. The molecule has 10 nitrogen and oxygen atoms in total. The van der Waals surface area contributed by atoms with E-state index >= 15 is 0 Å². The zero-order valence-electron chi connectivity index (χ0n) is 22.5. The number of non-ortho nitro benzene ring substituents is 1. The minimum absolute atomic E-state index is 0.146. The summed E-state index contributed by atoms with van der Waals surface area (Å²) in [6, 6.07) is 18.8. The minimum Gasteiger partial charge on any atom is -0.480 e. The molecule has 2 N–H and O–H groups in total. The van der Waals surface area contributed by atoms with E-state index in [1.165, 1.54) is 29.2 Å². The SMILES string of the molecule is CCc1cccc(CC)c1N1C(=O)C2C(c3ccc(C#N)cc3)NC(Cc3ccc([N+](=O)[O-])cc3)(C(=O)O)C2C1=O. The lowest BCUT2D eigenvalue weighted by Gasteiger charge is -2.32. The Labute approximate surface area is 236 Å². The van der Waals surface area contributed by atoms with Crippen molar-refractivity contribution in [3.8, 4) is 6.07 Å². The van der Waals surface area contributed by atoms with Gasteiger partial charge in [-0.1, -0.05) is 56.3 Å². The topological polar surface area (TPSA) is 154 Å². The summed E-state index contributed by atoms with van der Waals surface area (Å²) in [7, 11) is 0. The molecule has 0 spiro atoms. The summed E-state index contributed by atoms with van der Waals surface area (Å²) in [6.45, 7) is 3.86. The van der Waals surface area contributed by atoms with Crippen LogP contribution in [0.4, 0.5) is 11.4 Å². The molecule has 3 aromatic rings. The van der Waals surface area contributed by atoms with E-state index in [9.17, 15) is 34.9 Å². The van der Waals surface area contributed by atoms with E-state index in [-0.39, 0.29) is 12.1 Å². The van der Waals surface area contributed by atoms with Gasteiger partial charge in [0.2, 0.25) is 11.8 Å². The van der Waals surface area contributed by atoms with Crippen LogP contribution in [0.5, 0.6) is 0 Å². The first kappa shape index (κ1) is 27.7. The van der Waals surface area contributed by atoms with Crippen LogP contribution in [-0.4, -0.2) is 33.4 Å². The second-order valence-corrected chi connectivity index (χ2v) is 10.4. The van der Waals surface area contributed by atoms with Crippen LogP contribution in [0.25, 0.3) is 0 Å². The number of para-hydroxylation sites is 1. The second-order valence-electron chi connectivity index (χ2n) is 10.4. The molecule has 41 heavy (non-hydrogen) atoms. The molecule has 3 aromatic carbocycles. The summed E-state index contributed by atoms with van der Waals surface area (Å²) >= 11 is 0. The number of aryl methyl sites for hydroxylation is 2. The largest absolute Gasteiger partial charge is 0.480 e. The highest BCUT2D eigenvalue weighted by Gasteiger charge is 2.68. The van der Waals surface area contributed by atoms with Gasteiger partial charge < -0.3 is 5.11 Å². The first-order chi connectivity index (χ1) is 19.7. The molecule has 0 radical (unpaired) electrons. The van der Waals surface area contributed by atoms with Gasteiger partial charge in [-0.15, -0.1) is 0 Å². The van der Waals surface area contributed by atoms with Gasteiger partial charge in [0.15, 0.2) is 0 Å². The molecule has 0 aliphatic carbocycles. The number of hydrogen-bond donors (Lipinski definition) is 2. The summed E-state index contributed by atoms with van der Waals surface area (Å²) in [6.07, 6.45) is 0.955. The van der Waals surface area contributed by atoms with Crippen molar-refractivity contribution < 1.29 is 24.4 Å². The lowest BCUT2D eigenvalue weighted by molar-refractivity contribution is -0.384. The number of anilines is 1. The van der Waals surface area contributed by atoms with Crippen LogP contribution in [0, 0.1) is 33.3 Å². The number of nitrogens with zero attached hydrogens (tertiary/aromatic N) is 3. The fourth-order valence-electron chi connectivity index (χ4n) is 6.27. The van der Waals surface area contributed by atoms with Gasteiger partial charge in [0.25, 0.3) is 5.69 Å². The smallest absolute Gasteiger partial charge is 0.325 e. The molecule has 2 amide bonds. The first-order valence-corrected chi connectivity index (χ1v) is 13.4. The number of nitriles is 1. The quantitative estimate of drug-likeness (QED) is 0.240. The van der Waals surface area contributed by atoms with Crippen LogP contribution in [0.15, 0.2) is 66.7 Å². The Morgan fingerprint density at radius 2 is 1.63 bits per heavy atom. The number of imide groups is 1. The number of rotatable bonds is 8. The van der Waals surface area contributed by atoms with Crippen LogP contribution in [0.1, 0.15) is 47.7 Å². The highest BCUT2D eigenvalue weighted by Crippen LogP contribution is 2.51. The van der Waals surface area contributed by atoms with E-state index < -0.39 is 46.1 Å². The van der Waals surface area contributed by atoms with E-state index in [2.05, 4.69) is 5.32 Å². The average molecular weight is 553 g/mol. The van der Waals surface area contributed by atoms with E-state index in [1.807, 2.05) is 38.1 Å². The minimum atomic E-state index is -1.88. The molecule has 2 heterocycles. The number of carboxylic acids is 1. The molecule has 2 aliphatic heterocycles. The van der Waals surface area contributed by atoms with Gasteiger partial charge >= 0.3 is 5.97 Å². The summed E-state index contributed by atoms with van der Waals surface area (Å²) in [5.41, 5.74) is 1.55. The van der Waals surface area contributed by atoms with Crippen molar-refractivity contribution >= 4 is 29.2 Å². The number of carbonyl (C=O) groups excluding carboxylic acids is 2. The van der Waals surface area contributed by atoms with Gasteiger partial charge in [-0.2, -0.15) is 5.26 Å². The van der Waals surface area contributed by atoms with E-state index in [0.29, 0.717) is 35.2 Å². The van der Waals surface area contributed by atoms with Crippen molar-refractivity contribution in [2.75, 3.05) is 4.90 Å². The molecule has 0 saturated carbocycles. The maximum Gasteiger partial charge on any atom is 0.325 e. The Morgan fingerprint density at radius 3 is 2.15 bits per heavy atom. The normalized spacial score (nSPS) is 23.3. The zero-order valence-corrected chi connectivity index (χ0v) is 22.5. The lowest BCUT2D eigenvalue weighted by Crippen LogP contribution is -2.57. The predicted molar refractivity (Wildman–Crippen MR) is 149 cm³/mol. The molecule has 2 fully saturated rings. The number of carboxylic acid groups (broad SMARTS) is 1. The lowest BCUT2D eigenvalue weighted by atomic mass is 9.76. The van der Waals surface area contributed by atoms with Crippen LogP contribution < -0.4 is 10.2 Å². The Balaban J connectivity index is 1.68.